The summed E-state index contributed by atoms with van der Waals surface area (Å²) in [6.45, 7) is 2.38. The zero-order valence-corrected chi connectivity index (χ0v) is 7.43. The van der Waals surface area contributed by atoms with E-state index in [0.717, 1.165) is 12.0 Å². The van der Waals surface area contributed by atoms with E-state index in [1.54, 1.807) is 0 Å². The summed E-state index contributed by atoms with van der Waals surface area (Å²) in [5, 5.41) is 0. The third-order valence-corrected chi connectivity index (χ3v) is 2.73. The Morgan fingerprint density at radius 1 is 1.10 bits per heavy atom. The maximum absolute atomic E-state index is 2.38. The van der Waals surface area contributed by atoms with Crippen molar-refractivity contribution in [2.24, 2.45) is 5.92 Å². The van der Waals surface area contributed by atoms with Crippen molar-refractivity contribution in [2.45, 2.75) is 38.6 Å². The molecule has 1 aliphatic carbocycles. The summed E-state index contributed by atoms with van der Waals surface area (Å²) in [5.74, 6) is 0.920. The Morgan fingerprint density at radius 2 is 1.70 bits per heavy atom. The van der Waals surface area contributed by atoms with Gasteiger partial charge in [0.1, 0.15) is 0 Å². The van der Waals surface area contributed by atoms with Crippen LogP contribution in [-0.2, 0) is 0 Å². The van der Waals surface area contributed by atoms with Gasteiger partial charge in [0, 0.05) is 6.04 Å². The van der Waals surface area contributed by atoms with Gasteiger partial charge in [-0.25, -0.2) is 0 Å². The van der Waals surface area contributed by atoms with Crippen molar-refractivity contribution in [3.63, 3.8) is 0 Å². The Balaban J connectivity index is 2.40. The molecule has 1 heteroatoms. The molecule has 0 heterocycles. The lowest BCUT2D eigenvalue weighted by atomic mass is 9.85. The third kappa shape index (κ3) is 1.72. The van der Waals surface area contributed by atoms with E-state index in [4.69, 9.17) is 0 Å². The van der Waals surface area contributed by atoms with E-state index in [2.05, 4.69) is 25.9 Å². The van der Waals surface area contributed by atoms with Gasteiger partial charge in [-0.1, -0.05) is 19.8 Å². The Bertz CT molecular complexity index is 98.9. The van der Waals surface area contributed by atoms with E-state index >= 15 is 0 Å². The van der Waals surface area contributed by atoms with Crippen LogP contribution in [0.3, 0.4) is 0 Å². The number of nitrogens with zero attached hydrogens (tertiary/aromatic N) is 1. The normalized spacial score (nSPS) is 34.8. The topological polar surface area (TPSA) is 3.24 Å². The predicted octanol–water partition coefficient (Wildman–Crippen LogP) is 2.13. The molecule has 1 saturated carbocycles. The van der Waals surface area contributed by atoms with E-state index in [0.29, 0.717) is 0 Å². The van der Waals surface area contributed by atoms with Gasteiger partial charge in [-0.2, -0.15) is 0 Å². The first-order valence-electron chi connectivity index (χ1n) is 4.38. The van der Waals surface area contributed by atoms with Crippen LogP contribution in [0, 0.1) is 5.92 Å². The molecule has 0 spiro atoms. The van der Waals surface area contributed by atoms with Gasteiger partial charge in [0.25, 0.3) is 0 Å². The highest BCUT2D eigenvalue weighted by Gasteiger charge is 2.22. The SMILES string of the molecule is CC1CCCCC1N(C)C. The van der Waals surface area contributed by atoms with E-state index < -0.39 is 0 Å². The molecule has 1 nitrogen and oxygen atoms in total. The minimum absolute atomic E-state index is 0.855. The fourth-order valence-electron chi connectivity index (χ4n) is 2.06. The summed E-state index contributed by atoms with van der Waals surface area (Å²) in [6.07, 6.45) is 5.73. The summed E-state index contributed by atoms with van der Waals surface area (Å²) in [7, 11) is 4.40. The second-order valence-electron chi connectivity index (χ2n) is 3.79. The minimum Gasteiger partial charge on any atom is -0.306 e. The van der Waals surface area contributed by atoms with Gasteiger partial charge in [0.2, 0.25) is 0 Å². The molecule has 0 aliphatic heterocycles. The lowest BCUT2D eigenvalue weighted by Crippen LogP contribution is -2.36. The average Bonchev–Trinajstić information content (AvgIpc) is 1.88. The van der Waals surface area contributed by atoms with Gasteiger partial charge in [0.05, 0.1) is 0 Å². The standard InChI is InChI=1S/C9H19N/c1-8-6-4-5-7-9(8)10(2)3/h8-9H,4-7H2,1-3H3. The molecule has 2 unspecified atom stereocenters. The Labute approximate surface area is 64.4 Å². The molecule has 0 N–H and O–H groups in total. The molecule has 0 aromatic heterocycles. The van der Waals surface area contributed by atoms with Crippen molar-refractivity contribution in [1.82, 2.24) is 4.90 Å². The van der Waals surface area contributed by atoms with E-state index in [-0.39, 0.29) is 0 Å². The van der Waals surface area contributed by atoms with Gasteiger partial charge in [-0.3, -0.25) is 0 Å². The van der Waals surface area contributed by atoms with E-state index in [1.807, 2.05) is 0 Å². The van der Waals surface area contributed by atoms with Crippen molar-refractivity contribution in [1.29, 1.82) is 0 Å². The smallest absolute Gasteiger partial charge is 0.0115 e. The van der Waals surface area contributed by atoms with Gasteiger partial charge >= 0.3 is 0 Å². The number of hydrogen-bond acceptors (Lipinski definition) is 1. The average molecular weight is 141 g/mol. The summed E-state index contributed by atoms with van der Waals surface area (Å²) in [6, 6.07) is 0.855. The maximum Gasteiger partial charge on any atom is 0.0115 e. The van der Waals surface area contributed by atoms with Crippen LogP contribution in [0.2, 0.25) is 0 Å². The van der Waals surface area contributed by atoms with Crippen LogP contribution in [0.25, 0.3) is 0 Å². The molecule has 1 aliphatic rings. The molecule has 2 atom stereocenters. The monoisotopic (exact) mass is 141 g/mol. The fraction of sp³-hybridized carbons (Fsp3) is 1.00. The first-order chi connectivity index (χ1) is 4.72. The van der Waals surface area contributed by atoms with E-state index in [9.17, 15) is 0 Å². The quantitative estimate of drug-likeness (QED) is 0.540. The summed E-state index contributed by atoms with van der Waals surface area (Å²) in [4.78, 5) is 2.38. The zero-order chi connectivity index (χ0) is 7.56. The fourth-order valence-corrected chi connectivity index (χ4v) is 2.06. The van der Waals surface area contributed by atoms with Gasteiger partial charge < -0.3 is 4.90 Å². The molecule has 0 radical (unpaired) electrons. The molecule has 0 saturated heterocycles. The Hall–Kier alpha value is -0.0400. The molecule has 1 fully saturated rings. The van der Waals surface area contributed by atoms with E-state index in [1.165, 1.54) is 25.7 Å². The molecule has 0 amide bonds. The predicted molar refractivity (Wildman–Crippen MR) is 45.1 cm³/mol. The van der Waals surface area contributed by atoms with Crippen molar-refractivity contribution in [3.05, 3.63) is 0 Å². The molecule has 0 aromatic rings. The highest BCUT2D eigenvalue weighted by atomic mass is 15.1. The van der Waals surface area contributed by atoms with Crippen LogP contribution in [-0.4, -0.2) is 25.0 Å². The lowest BCUT2D eigenvalue weighted by molar-refractivity contribution is 0.167. The Kier molecular flexibility index (Phi) is 2.72. The first kappa shape index (κ1) is 8.06. The summed E-state index contributed by atoms with van der Waals surface area (Å²) in [5.41, 5.74) is 0. The lowest BCUT2D eigenvalue weighted by Gasteiger charge is -2.33. The molecular formula is C9H19N. The molecule has 10 heavy (non-hydrogen) atoms. The summed E-state index contributed by atoms with van der Waals surface area (Å²) >= 11 is 0. The molecule has 0 aromatic carbocycles. The second kappa shape index (κ2) is 3.38. The van der Waals surface area contributed by atoms with Crippen LogP contribution in [0.5, 0.6) is 0 Å². The highest BCUT2D eigenvalue weighted by molar-refractivity contribution is 4.77. The maximum atomic E-state index is 2.38. The van der Waals surface area contributed by atoms with Gasteiger partial charge in [0.15, 0.2) is 0 Å². The number of rotatable bonds is 1. The van der Waals surface area contributed by atoms with Crippen LogP contribution >= 0.6 is 0 Å². The molecule has 1 rings (SSSR count). The van der Waals surface area contributed by atoms with Crippen molar-refractivity contribution in [2.75, 3.05) is 14.1 Å². The largest absolute Gasteiger partial charge is 0.306 e. The highest BCUT2D eigenvalue weighted by Crippen LogP contribution is 2.26. The van der Waals surface area contributed by atoms with Gasteiger partial charge in [-0.05, 0) is 32.9 Å². The molecular weight excluding hydrogens is 122 g/mol. The first-order valence-corrected chi connectivity index (χ1v) is 4.38. The number of hydrogen-bond donors (Lipinski definition) is 0. The van der Waals surface area contributed by atoms with Gasteiger partial charge in [-0.15, -0.1) is 0 Å². The van der Waals surface area contributed by atoms with Crippen LogP contribution in [0.15, 0.2) is 0 Å². The molecule has 0 bridgehead atoms. The van der Waals surface area contributed by atoms with Crippen molar-refractivity contribution in [3.8, 4) is 0 Å². The second-order valence-corrected chi connectivity index (χ2v) is 3.79. The minimum atomic E-state index is 0.855. The Morgan fingerprint density at radius 3 is 2.10 bits per heavy atom. The van der Waals surface area contributed by atoms with Crippen molar-refractivity contribution < 1.29 is 0 Å². The van der Waals surface area contributed by atoms with Crippen LogP contribution in [0.1, 0.15) is 32.6 Å². The van der Waals surface area contributed by atoms with Crippen molar-refractivity contribution >= 4 is 0 Å². The summed E-state index contributed by atoms with van der Waals surface area (Å²) < 4.78 is 0. The zero-order valence-electron chi connectivity index (χ0n) is 7.43. The molecule has 60 valence electrons. The third-order valence-electron chi connectivity index (χ3n) is 2.73. The van der Waals surface area contributed by atoms with Crippen LogP contribution < -0.4 is 0 Å². The van der Waals surface area contributed by atoms with Crippen LogP contribution in [0.4, 0.5) is 0 Å².